The van der Waals surface area contributed by atoms with Crippen LogP contribution in [0.3, 0.4) is 0 Å². The van der Waals surface area contributed by atoms with Gasteiger partial charge in [-0.25, -0.2) is 12.8 Å². The van der Waals surface area contributed by atoms with Gasteiger partial charge in [0.2, 0.25) is 11.8 Å². The molecule has 0 fully saturated rings. The van der Waals surface area contributed by atoms with Gasteiger partial charge in [0, 0.05) is 34.0 Å². The SMILES string of the molecule is CCC(=O)N1CCc2cc(Br)c(S(=O)(=O)CCC(=O)Nc3ccc(Br)cc3F)cc21. The standard InChI is InChI=1S/C20H19Br2FN2O4S/c1-2-20(27)25-7-5-12-9-14(22)18(11-17(12)25)30(28,29)8-6-19(26)24-16-4-3-13(21)10-15(16)23/h3-4,9-11H,2,5-8H2,1H3,(H,24,26). The number of carbonyl (C=O) groups is 2. The maximum absolute atomic E-state index is 13.9. The van der Waals surface area contributed by atoms with Gasteiger partial charge in [-0.05, 0) is 58.2 Å². The molecule has 0 unspecified atom stereocenters. The van der Waals surface area contributed by atoms with E-state index in [1.165, 1.54) is 18.2 Å². The van der Waals surface area contributed by atoms with E-state index in [1.807, 2.05) is 0 Å². The maximum Gasteiger partial charge on any atom is 0.226 e. The molecule has 0 spiro atoms. The van der Waals surface area contributed by atoms with Crippen LogP contribution in [0.25, 0.3) is 0 Å². The largest absolute Gasteiger partial charge is 0.324 e. The molecule has 0 aliphatic carbocycles. The fourth-order valence-electron chi connectivity index (χ4n) is 3.22. The van der Waals surface area contributed by atoms with Crippen LogP contribution in [-0.2, 0) is 25.8 Å². The summed E-state index contributed by atoms with van der Waals surface area (Å²) in [5, 5.41) is 2.38. The van der Waals surface area contributed by atoms with E-state index in [1.54, 1.807) is 24.0 Å². The van der Waals surface area contributed by atoms with Crippen molar-refractivity contribution in [1.82, 2.24) is 0 Å². The average molecular weight is 562 g/mol. The molecule has 0 atom stereocenters. The normalized spacial score (nSPS) is 13.3. The van der Waals surface area contributed by atoms with E-state index in [4.69, 9.17) is 0 Å². The van der Waals surface area contributed by atoms with Crippen LogP contribution in [0.15, 0.2) is 44.2 Å². The van der Waals surface area contributed by atoms with Gasteiger partial charge in [0.05, 0.1) is 16.3 Å². The number of fused-ring (bicyclic) bond motifs is 1. The Balaban J connectivity index is 1.76. The van der Waals surface area contributed by atoms with Gasteiger partial charge in [-0.1, -0.05) is 22.9 Å². The Labute approximate surface area is 191 Å². The molecule has 1 aliphatic rings. The summed E-state index contributed by atoms with van der Waals surface area (Å²) in [5.74, 6) is -1.76. The monoisotopic (exact) mass is 560 g/mol. The molecule has 1 N–H and O–H groups in total. The number of nitrogens with zero attached hydrogens (tertiary/aromatic N) is 1. The van der Waals surface area contributed by atoms with Crippen molar-refractivity contribution in [2.24, 2.45) is 0 Å². The Kier molecular flexibility index (Phi) is 6.98. The molecule has 2 amide bonds. The van der Waals surface area contributed by atoms with Gasteiger partial charge in [0.15, 0.2) is 9.84 Å². The minimum atomic E-state index is -3.82. The van der Waals surface area contributed by atoms with Crippen LogP contribution in [-0.4, -0.2) is 32.5 Å². The quantitative estimate of drug-likeness (QED) is 0.564. The van der Waals surface area contributed by atoms with Crippen LogP contribution in [0.1, 0.15) is 25.3 Å². The zero-order chi connectivity index (χ0) is 22.1. The molecular formula is C20H19Br2FN2O4S. The van der Waals surface area contributed by atoms with Crippen LogP contribution < -0.4 is 10.2 Å². The Morgan fingerprint density at radius 2 is 1.93 bits per heavy atom. The first-order valence-electron chi connectivity index (χ1n) is 9.23. The molecule has 0 saturated heterocycles. The number of anilines is 2. The molecule has 10 heteroatoms. The van der Waals surface area contributed by atoms with Gasteiger partial charge < -0.3 is 10.2 Å². The highest BCUT2D eigenvalue weighted by atomic mass is 79.9. The van der Waals surface area contributed by atoms with Crippen molar-refractivity contribution in [3.8, 4) is 0 Å². The summed E-state index contributed by atoms with van der Waals surface area (Å²) in [6, 6.07) is 7.37. The van der Waals surface area contributed by atoms with Gasteiger partial charge in [0.1, 0.15) is 5.82 Å². The Morgan fingerprint density at radius 1 is 1.20 bits per heavy atom. The predicted molar refractivity (Wildman–Crippen MR) is 120 cm³/mol. The summed E-state index contributed by atoms with van der Waals surface area (Å²) in [5.41, 5.74) is 1.46. The lowest BCUT2D eigenvalue weighted by atomic mass is 10.2. The molecule has 30 heavy (non-hydrogen) atoms. The van der Waals surface area contributed by atoms with Crippen LogP contribution in [0.5, 0.6) is 0 Å². The predicted octanol–water partition coefficient (Wildman–Crippen LogP) is 4.45. The second-order valence-electron chi connectivity index (χ2n) is 6.80. The lowest BCUT2D eigenvalue weighted by Gasteiger charge is -2.18. The lowest BCUT2D eigenvalue weighted by Crippen LogP contribution is -2.28. The van der Waals surface area contributed by atoms with Crippen LogP contribution >= 0.6 is 31.9 Å². The first kappa shape index (κ1) is 22.9. The zero-order valence-electron chi connectivity index (χ0n) is 16.0. The molecule has 0 bridgehead atoms. The number of halogens is 3. The lowest BCUT2D eigenvalue weighted by molar-refractivity contribution is -0.118. The van der Waals surface area contributed by atoms with Crippen LogP contribution in [0, 0.1) is 5.82 Å². The van der Waals surface area contributed by atoms with Crippen molar-refractivity contribution >= 4 is 64.9 Å². The highest BCUT2D eigenvalue weighted by molar-refractivity contribution is 9.10. The number of rotatable bonds is 6. The third kappa shape index (κ3) is 4.92. The number of benzene rings is 2. The van der Waals surface area contributed by atoms with E-state index < -0.39 is 27.3 Å². The summed E-state index contributed by atoms with van der Waals surface area (Å²) in [6.45, 7) is 2.27. The summed E-state index contributed by atoms with van der Waals surface area (Å²) in [7, 11) is -3.82. The number of carbonyl (C=O) groups excluding carboxylic acids is 2. The number of sulfone groups is 1. The van der Waals surface area contributed by atoms with Crippen molar-refractivity contribution < 1.29 is 22.4 Å². The molecule has 1 aliphatic heterocycles. The minimum absolute atomic E-state index is 0.0203. The molecule has 0 aromatic heterocycles. The third-order valence-corrected chi connectivity index (χ3v) is 7.93. The molecule has 0 radical (unpaired) electrons. The Morgan fingerprint density at radius 3 is 2.60 bits per heavy atom. The molecule has 6 nitrogen and oxygen atoms in total. The summed E-state index contributed by atoms with van der Waals surface area (Å²) in [6.07, 6.45) is 0.643. The fraction of sp³-hybridized carbons (Fsp3) is 0.300. The van der Waals surface area contributed by atoms with E-state index in [-0.39, 0.29) is 22.9 Å². The van der Waals surface area contributed by atoms with Crippen LogP contribution in [0.2, 0.25) is 0 Å². The average Bonchev–Trinajstić information content (AvgIpc) is 3.10. The number of nitrogens with one attached hydrogen (secondary N) is 1. The van der Waals surface area contributed by atoms with E-state index in [2.05, 4.69) is 37.2 Å². The smallest absolute Gasteiger partial charge is 0.226 e. The third-order valence-electron chi connectivity index (χ3n) is 4.77. The summed E-state index contributed by atoms with van der Waals surface area (Å²) in [4.78, 5) is 25.9. The van der Waals surface area contributed by atoms with Crippen LogP contribution in [0.4, 0.5) is 15.8 Å². The summed E-state index contributed by atoms with van der Waals surface area (Å²) >= 11 is 6.43. The molecule has 160 valence electrons. The second-order valence-corrected chi connectivity index (χ2v) is 10.6. The highest BCUT2D eigenvalue weighted by Gasteiger charge is 2.28. The molecule has 2 aromatic carbocycles. The topological polar surface area (TPSA) is 83.6 Å². The zero-order valence-corrected chi connectivity index (χ0v) is 20.0. The van der Waals surface area contributed by atoms with E-state index in [9.17, 15) is 22.4 Å². The molecule has 0 saturated carbocycles. The minimum Gasteiger partial charge on any atom is -0.324 e. The van der Waals surface area contributed by atoms with E-state index >= 15 is 0 Å². The number of hydrogen-bond donors (Lipinski definition) is 1. The molecular weight excluding hydrogens is 543 g/mol. The molecule has 1 heterocycles. The van der Waals surface area contributed by atoms with Crippen molar-refractivity contribution in [3.63, 3.8) is 0 Å². The van der Waals surface area contributed by atoms with Crippen molar-refractivity contribution in [2.45, 2.75) is 31.1 Å². The molecule has 2 aromatic rings. The first-order valence-corrected chi connectivity index (χ1v) is 12.5. The second kappa shape index (κ2) is 9.15. The van der Waals surface area contributed by atoms with Gasteiger partial charge in [-0.3, -0.25) is 9.59 Å². The van der Waals surface area contributed by atoms with Crippen molar-refractivity contribution in [1.29, 1.82) is 0 Å². The van der Waals surface area contributed by atoms with E-state index in [0.717, 1.165) is 5.56 Å². The molecule has 3 rings (SSSR count). The van der Waals surface area contributed by atoms with Crippen molar-refractivity contribution in [2.75, 3.05) is 22.5 Å². The Bertz CT molecular complexity index is 1120. The van der Waals surface area contributed by atoms with E-state index in [0.29, 0.717) is 34.0 Å². The fourth-order valence-corrected chi connectivity index (χ4v) is 6.00. The first-order chi connectivity index (χ1) is 14.1. The maximum atomic E-state index is 13.9. The number of hydrogen-bond acceptors (Lipinski definition) is 4. The summed E-state index contributed by atoms with van der Waals surface area (Å²) < 4.78 is 40.5. The highest BCUT2D eigenvalue weighted by Crippen LogP contribution is 2.36. The van der Waals surface area contributed by atoms with Crippen molar-refractivity contribution in [3.05, 3.63) is 50.7 Å². The van der Waals surface area contributed by atoms with Gasteiger partial charge in [-0.2, -0.15) is 0 Å². The number of amides is 2. The Hall–Kier alpha value is -1.78. The van der Waals surface area contributed by atoms with Gasteiger partial charge in [-0.15, -0.1) is 0 Å². The van der Waals surface area contributed by atoms with Gasteiger partial charge in [0.25, 0.3) is 0 Å². The van der Waals surface area contributed by atoms with Gasteiger partial charge >= 0.3 is 0 Å².